The zero-order valence-electron chi connectivity index (χ0n) is 19.0. The minimum absolute atomic E-state index is 0.0304. The number of methoxy groups -OCH3 is 1. The fraction of sp³-hybridized carbons (Fsp3) is 0.385. The Morgan fingerprint density at radius 3 is 2.12 bits per heavy atom. The summed E-state index contributed by atoms with van der Waals surface area (Å²) in [5, 5.41) is 0. The Morgan fingerprint density at radius 1 is 0.970 bits per heavy atom. The van der Waals surface area contributed by atoms with Crippen molar-refractivity contribution in [3.05, 3.63) is 60.2 Å². The number of hydrogen-bond donors (Lipinski definition) is 0. The van der Waals surface area contributed by atoms with Gasteiger partial charge in [-0.3, -0.25) is 24.1 Å². The van der Waals surface area contributed by atoms with E-state index in [1.165, 1.54) is 14.2 Å². The molecule has 3 amide bonds. The number of hydrogen-bond acceptors (Lipinski definition) is 5. The van der Waals surface area contributed by atoms with E-state index >= 15 is 0 Å². The van der Waals surface area contributed by atoms with Crippen LogP contribution in [0.1, 0.15) is 31.2 Å². The highest BCUT2D eigenvalue weighted by atomic mass is 16.5. The fourth-order valence-corrected chi connectivity index (χ4v) is 4.87. The second-order valence-corrected chi connectivity index (χ2v) is 8.82. The first-order valence-electron chi connectivity index (χ1n) is 11.2. The van der Waals surface area contributed by atoms with Crippen molar-refractivity contribution in [2.24, 2.45) is 5.92 Å². The van der Waals surface area contributed by atoms with Crippen LogP contribution in [0, 0.1) is 5.92 Å². The maximum absolute atomic E-state index is 13.3. The summed E-state index contributed by atoms with van der Waals surface area (Å²) in [5.74, 6) is -1.28. The van der Waals surface area contributed by atoms with Gasteiger partial charge in [-0.15, -0.1) is 0 Å². The van der Waals surface area contributed by atoms with E-state index < -0.39 is 5.41 Å². The van der Waals surface area contributed by atoms with Gasteiger partial charge in [0.05, 0.1) is 18.4 Å². The van der Waals surface area contributed by atoms with Gasteiger partial charge in [0.15, 0.2) is 0 Å². The van der Waals surface area contributed by atoms with Crippen LogP contribution in [0.3, 0.4) is 0 Å². The second-order valence-electron chi connectivity index (χ2n) is 8.82. The Morgan fingerprint density at radius 2 is 1.58 bits per heavy atom. The molecule has 0 aliphatic carbocycles. The van der Waals surface area contributed by atoms with E-state index in [0.29, 0.717) is 31.5 Å². The van der Waals surface area contributed by atoms with E-state index in [4.69, 9.17) is 4.74 Å². The molecule has 2 fully saturated rings. The van der Waals surface area contributed by atoms with Crippen molar-refractivity contribution in [2.75, 3.05) is 27.2 Å². The number of ether oxygens (including phenoxy) is 1. The smallest absolute Gasteiger partial charge is 0.308 e. The molecule has 0 unspecified atom stereocenters. The molecule has 2 aliphatic heterocycles. The highest BCUT2D eigenvalue weighted by Gasteiger charge is 2.53. The standard InChI is InChI=1S/C26H28N2O5/c1-27-22(29)16-26(25(27)32,17-23(30)28-14-12-20(13-15-28)24(31)33-2)21-10-8-19(9-11-21)18-6-4-3-5-7-18/h3-11,20H,12-17H2,1-2H3/t26-/m1/s1. The number of carbonyl (C=O) groups is 4. The molecule has 33 heavy (non-hydrogen) atoms. The number of amides is 3. The van der Waals surface area contributed by atoms with Gasteiger partial charge in [-0.2, -0.15) is 0 Å². The van der Waals surface area contributed by atoms with Crippen LogP contribution >= 0.6 is 0 Å². The van der Waals surface area contributed by atoms with E-state index in [-0.39, 0.29) is 42.5 Å². The molecule has 0 saturated carbocycles. The summed E-state index contributed by atoms with van der Waals surface area (Å²) in [6, 6.07) is 17.4. The van der Waals surface area contributed by atoms with Gasteiger partial charge >= 0.3 is 5.97 Å². The number of likely N-dealkylation sites (N-methyl/N-ethyl adjacent to an activating group) is 1. The summed E-state index contributed by atoms with van der Waals surface area (Å²) < 4.78 is 4.82. The number of piperidine rings is 1. The molecule has 2 aliphatic rings. The maximum atomic E-state index is 13.3. The summed E-state index contributed by atoms with van der Waals surface area (Å²) in [6.07, 6.45) is 0.959. The SMILES string of the molecule is COC(=O)C1CCN(C(=O)C[C@@]2(c3ccc(-c4ccccc4)cc3)CC(=O)N(C)C2=O)CC1. The molecule has 0 radical (unpaired) electrons. The van der Waals surface area contributed by atoms with Crippen LogP contribution in [0.2, 0.25) is 0 Å². The van der Waals surface area contributed by atoms with Crippen molar-refractivity contribution < 1.29 is 23.9 Å². The van der Waals surface area contributed by atoms with Crippen molar-refractivity contribution in [3.8, 4) is 11.1 Å². The van der Waals surface area contributed by atoms with Crippen LogP contribution < -0.4 is 0 Å². The monoisotopic (exact) mass is 448 g/mol. The van der Waals surface area contributed by atoms with Crippen molar-refractivity contribution in [1.82, 2.24) is 9.80 Å². The van der Waals surface area contributed by atoms with Gasteiger partial charge in [0.1, 0.15) is 0 Å². The predicted molar refractivity (Wildman–Crippen MR) is 122 cm³/mol. The number of carbonyl (C=O) groups excluding carboxylic acids is 4. The normalized spacial score (nSPS) is 21.4. The number of nitrogens with zero attached hydrogens (tertiary/aromatic N) is 2. The molecule has 7 heteroatoms. The Bertz CT molecular complexity index is 1060. The van der Waals surface area contributed by atoms with E-state index in [1.54, 1.807) is 4.90 Å². The summed E-state index contributed by atoms with van der Waals surface area (Å²) in [6.45, 7) is 0.860. The lowest BCUT2D eigenvalue weighted by atomic mass is 9.75. The van der Waals surface area contributed by atoms with Gasteiger partial charge in [0, 0.05) is 33.0 Å². The lowest BCUT2D eigenvalue weighted by Gasteiger charge is -2.34. The van der Waals surface area contributed by atoms with Crippen molar-refractivity contribution in [2.45, 2.75) is 31.1 Å². The second kappa shape index (κ2) is 9.17. The van der Waals surface area contributed by atoms with E-state index in [0.717, 1.165) is 16.0 Å². The molecule has 1 atom stereocenters. The largest absolute Gasteiger partial charge is 0.469 e. The Hall–Kier alpha value is -3.48. The third-order valence-corrected chi connectivity index (χ3v) is 6.92. The van der Waals surface area contributed by atoms with Crippen molar-refractivity contribution in [3.63, 3.8) is 0 Å². The van der Waals surface area contributed by atoms with Crippen LogP contribution in [-0.4, -0.2) is 60.7 Å². The highest BCUT2D eigenvalue weighted by molar-refractivity contribution is 6.10. The lowest BCUT2D eigenvalue weighted by Crippen LogP contribution is -2.45. The molecule has 7 nitrogen and oxygen atoms in total. The lowest BCUT2D eigenvalue weighted by molar-refractivity contribution is -0.149. The fourth-order valence-electron chi connectivity index (χ4n) is 4.87. The van der Waals surface area contributed by atoms with E-state index in [2.05, 4.69) is 0 Å². The molecule has 0 bridgehead atoms. The average Bonchev–Trinajstić information content (AvgIpc) is 3.08. The molecular weight excluding hydrogens is 420 g/mol. The van der Waals surface area contributed by atoms with Gasteiger partial charge in [0.25, 0.3) is 0 Å². The molecule has 2 saturated heterocycles. The van der Waals surface area contributed by atoms with Crippen LogP contribution in [0.25, 0.3) is 11.1 Å². The number of rotatable bonds is 5. The third-order valence-electron chi connectivity index (χ3n) is 6.92. The Kier molecular flexibility index (Phi) is 6.31. The molecular formula is C26H28N2O5. The van der Waals surface area contributed by atoms with Crippen molar-refractivity contribution in [1.29, 1.82) is 0 Å². The van der Waals surface area contributed by atoms with Crippen LogP contribution in [0.5, 0.6) is 0 Å². The van der Waals surface area contributed by atoms with Crippen molar-refractivity contribution >= 4 is 23.7 Å². The van der Waals surface area contributed by atoms with Crippen LogP contribution in [-0.2, 0) is 29.3 Å². The molecule has 2 heterocycles. The minimum Gasteiger partial charge on any atom is -0.469 e. The molecule has 2 aromatic carbocycles. The quantitative estimate of drug-likeness (QED) is 0.519. The molecule has 4 rings (SSSR count). The number of likely N-dealkylation sites (tertiary alicyclic amines) is 2. The average molecular weight is 449 g/mol. The van der Waals surface area contributed by atoms with Gasteiger partial charge < -0.3 is 9.64 Å². The minimum atomic E-state index is -1.21. The first-order chi connectivity index (χ1) is 15.9. The predicted octanol–water partition coefficient (Wildman–Crippen LogP) is 2.78. The van der Waals surface area contributed by atoms with Gasteiger partial charge in [0.2, 0.25) is 17.7 Å². The van der Waals surface area contributed by atoms with Gasteiger partial charge in [-0.25, -0.2) is 0 Å². The number of imide groups is 1. The molecule has 2 aromatic rings. The van der Waals surface area contributed by atoms with E-state index in [1.807, 2.05) is 54.6 Å². The molecule has 0 aromatic heterocycles. The van der Waals surface area contributed by atoms with E-state index in [9.17, 15) is 19.2 Å². The van der Waals surface area contributed by atoms with Gasteiger partial charge in [-0.1, -0.05) is 54.6 Å². The van der Waals surface area contributed by atoms with Gasteiger partial charge in [-0.05, 0) is 29.5 Å². The summed E-state index contributed by atoms with van der Waals surface area (Å²) in [5.41, 5.74) is 1.50. The zero-order chi connectivity index (χ0) is 23.6. The highest BCUT2D eigenvalue weighted by Crippen LogP contribution is 2.40. The number of benzene rings is 2. The third kappa shape index (κ3) is 4.27. The first kappa shape index (κ1) is 22.7. The summed E-state index contributed by atoms with van der Waals surface area (Å²) >= 11 is 0. The topological polar surface area (TPSA) is 84.0 Å². The number of esters is 1. The molecule has 0 spiro atoms. The summed E-state index contributed by atoms with van der Waals surface area (Å²) in [7, 11) is 2.84. The zero-order valence-corrected chi connectivity index (χ0v) is 19.0. The molecule has 172 valence electrons. The first-order valence-corrected chi connectivity index (χ1v) is 11.2. The maximum Gasteiger partial charge on any atom is 0.308 e. The van der Waals surface area contributed by atoms with Crippen LogP contribution in [0.15, 0.2) is 54.6 Å². The summed E-state index contributed by atoms with van der Waals surface area (Å²) in [4.78, 5) is 53.6. The van der Waals surface area contributed by atoms with Crippen LogP contribution in [0.4, 0.5) is 0 Å². The Labute approximate surface area is 193 Å². The molecule has 0 N–H and O–H groups in total. The Balaban J connectivity index is 1.57.